The zero-order valence-corrected chi connectivity index (χ0v) is 14.7. The van der Waals surface area contributed by atoms with Crippen LogP contribution < -0.4 is 5.32 Å². The average Bonchev–Trinajstić information content (AvgIpc) is 2.63. The van der Waals surface area contributed by atoms with E-state index >= 15 is 0 Å². The summed E-state index contributed by atoms with van der Waals surface area (Å²) in [4.78, 5) is 16.5. The lowest BCUT2D eigenvalue weighted by molar-refractivity contribution is 0.148. The molecule has 1 saturated heterocycles. The molecule has 0 radical (unpaired) electrons. The van der Waals surface area contributed by atoms with Gasteiger partial charge in [0.25, 0.3) is 0 Å². The molecule has 0 bridgehead atoms. The molecule has 3 rings (SSSR count). The summed E-state index contributed by atoms with van der Waals surface area (Å²) in [7, 11) is 0. The predicted molar refractivity (Wildman–Crippen MR) is 98.6 cm³/mol. The second-order valence-corrected chi connectivity index (χ2v) is 6.52. The van der Waals surface area contributed by atoms with E-state index in [0.29, 0.717) is 23.8 Å². The van der Waals surface area contributed by atoms with E-state index in [1.165, 1.54) is 12.1 Å². The molecule has 6 heteroatoms. The van der Waals surface area contributed by atoms with Crippen LogP contribution in [0.3, 0.4) is 0 Å². The smallest absolute Gasteiger partial charge is 0.321 e. The van der Waals surface area contributed by atoms with Crippen molar-refractivity contribution in [2.24, 2.45) is 0 Å². The van der Waals surface area contributed by atoms with Crippen molar-refractivity contribution in [3.63, 3.8) is 0 Å². The third-order valence-corrected chi connectivity index (χ3v) is 4.73. The van der Waals surface area contributed by atoms with Gasteiger partial charge < -0.3 is 10.2 Å². The number of urea groups is 1. The highest BCUT2D eigenvalue weighted by Gasteiger charge is 2.21. The summed E-state index contributed by atoms with van der Waals surface area (Å²) in [6.07, 6.45) is 0.881. The van der Waals surface area contributed by atoms with Gasteiger partial charge in [0, 0.05) is 32.7 Å². The number of rotatable bonds is 4. The number of carbonyl (C=O) groups excluding carboxylic acids is 1. The Kier molecular flexibility index (Phi) is 5.89. The van der Waals surface area contributed by atoms with Crippen LogP contribution in [0.15, 0.2) is 48.5 Å². The molecular formula is C19H21ClFN3O. The highest BCUT2D eigenvalue weighted by Crippen LogP contribution is 2.21. The van der Waals surface area contributed by atoms with Crippen LogP contribution in [0.4, 0.5) is 14.9 Å². The van der Waals surface area contributed by atoms with E-state index in [9.17, 15) is 9.18 Å². The molecule has 0 spiro atoms. The van der Waals surface area contributed by atoms with Crippen LogP contribution in [-0.2, 0) is 6.42 Å². The molecule has 0 atom stereocenters. The average molecular weight is 362 g/mol. The molecule has 25 heavy (non-hydrogen) atoms. The van der Waals surface area contributed by atoms with E-state index in [-0.39, 0.29) is 11.8 Å². The number of benzene rings is 2. The number of hydrogen-bond acceptors (Lipinski definition) is 2. The molecule has 0 saturated carbocycles. The molecule has 2 amide bonds. The lowest BCUT2D eigenvalue weighted by atomic mass is 10.1. The van der Waals surface area contributed by atoms with Crippen molar-refractivity contribution in [3.05, 3.63) is 64.9 Å². The maximum Gasteiger partial charge on any atom is 0.321 e. The number of carbonyl (C=O) groups is 1. The molecule has 0 aromatic heterocycles. The van der Waals surface area contributed by atoms with Gasteiger partial charge in [0.15, 0.2) is 0 Å². The van der Waals surface area contributed by atoms with Gasteiger partial charge in [-0.1, -0.05) is 35.9 Å². The molecular weight excluding hydrogens is 341 g/mol. The number of hydrogen-bond donors (Lipinski definition) is 1. The van der Waals surface area contributed by atoms with Crippen LogP contribution in [0, 0.1) is 5.82 Å². The van der Waals surface area contributed by atoms with E-state index < -0.39 is 0 Å². The number of para-hydroxylation sites is 1. The quantitative estimate of drug-likeness (QED) is 0.897. The van der Waals surface area contributed by atoms with Crippen molar-refractivity contribution in [2.45, 2.75) is 6.42 Å². The maximum atomic E-state index is 12.9. The summed E-state index contributed by atoms with van der Waals surface area (Å²) >= 11 is 6.07. The number of piperazine rings is 1. The van der Waals surface area contributed by atoms with E-state index in [1.54, 1.807) is 17.0 Å². The summed E-state index contributed by atoms with van der Waals surface area (Å²) in [5.74, 6) is -0.207. The van der Waals surface area contributed by atoms with Crippen LogP contribution in [-0.4, -0.2) is 48.6 Å². The first-order valence-electron chi connectivity index (χ1n) is 8.39. The van der Waals surface area contributed by atoms with E-state index in [1.807, 2.05) is 24.3 Å². The van der Waals surface area contributed by atoms with Crippen molar-refractivity contribution in [1.82, 2.24) is 9.80 Å². The molecule has 132 valence electrons. The molecule has 1 fully saturated rings. The zero-order chi connectivity index (χ0) is 17.6. The summed E-state index contributed by atoms with van der Waals surface area (Å²) < 4.78 is 12.9. The summed E-state index contributed by atoms with van der Waals surface area (Å²) in [5.41, 5.74) is 1.76. The number of nitrogens with zero attached hydrogens (tertiary/aromatic N) is 2. The Labute approximate surface area is 152 Å². The standard InChI is InChI=1S/C19H21ClFN3O/c20-17-3-1-2-4-18(17)22-19(25)24-13-11-23(12-14-24)10-9-15-5-7-16(21)8-6-15/h1-8H,9-14H2,(H,22,25). The Morgan fingerprint density at radius 1 is 1.04 bits per heavy atom. The van der Waals surface area contributed by atoms with Gasteiger partial charge in [0.1, 0.15) is 5.82 Å². The van der Waals surface area contributed by atoms with Gasteiger partial charge in [-0.3, -0.25) is 4.90 Å². The van der Waals surface area contributed by atoms with Crippen LogP contribution in [0.1, 0.15) is 5.56 Å². The number of anilines is 1. The van der Waals surface area contributed by atoms with E-state index in [2.05, 4.69) is 10.2 Å². The summed E-state index contributed by atoms with van der Waals surface area (Å²) in [5, 5.41) is 3.39. The molecule has 1 N–H and O–H groups in total. The highest BCUT2D eigenvalue weighted by atomic mass is 35.5. The molecule has 0 unspecified atom stereocenters. The highest BCUT2D eigenvalue weighted by molar-refractivity contribution is 6.33. The zero-order valence-electron chi connectivity index (χ0n) is 13.9. The largest absolute Gasteiger partial charge is 0.322 e. The monoisotopic (exact) mass is 361 g/mol. The lowest BCUT2D eigenvalue weighted by Gasteiger charge is -2.34. The maximum absolute atomic E-state index is 12.9. The van der Waals surface area contributed by atoms with Gasteiger partial charge in [0.2, 0.25) is 0 Å². The van der Waals surface area contributed by atoms with Crippen molar-refractivity contribution in [3.8, 4) is 0 Å². The third kappa shape index (κ3) is 4.94. The predicted octanol–water partition coefficient (Wildman–Crippen LogP) is 3.87. The minimum absolute atomic E-state index is 0.119. The van der Waals surface area contributed by atoms with Gasteiger partial charge in [-0.25, -0.2) is 9.18 Å². The number of nitrogens with one attached hydrogen (secondary N) is 1. The van der Waals surface area contributed by atoms with Crippen LogP contribution in [0.25, 0.3) is 0 Å². The lowest BCUT2D eigenvalue weighted by Crippen LogP contribution is -2.50. The Morgan fingerprint density at radius 3 is 2.40 bits per heavy atom. The fraction of sp³-hybridized carbons (Fsp3) is 0.316. The van der Waals surface area contributed by atoms with Gasteiger partial charge in [0.05, 0.1) is 10.7 Å². The second-order valence-electron chi connectivity index (χ2n) is 6.12. The van der Waals surface area contributed by atoms with Crippen molar-refractivity contribution >= 4 is 23.3 Å². The molecule has 2 aromatic carbocycles. The normalized spacial score (nSPS) is 15.2. The molecule has 0 aliphatic carbocycles. The van der Waals surface area contributed by atoms with Gasteiger partial charge in [-0.2, -0.15) is 0 Å². The van der Waals surface area contributed by atoms with Gasteiger partial charge in [-0.05, 0) is 36.2 Å². The Balaban J connectivity index is 1.44. The van der Waals surface area contributed by atoms with E-state index in [0.717, 1.165) is 31.6 Å². The first-order chi connectivity index (χ1) is 12.1. The number of halogens is 2. The van der Waals surface area contributed by atoms with Crippen molar-refractivity contribution in [1.29, 1.82) is 0 Å². The third-order valence-electron chi connectivity index (χ3n) is 4.40. The van der Waals surface area contributed by atoms with Crippen LogP contribution in [0.2, 0.25) is 5.02 Å². The van der Waals surface area contributed by atoms with E-state index in [4.69, 9.17) is 11.6 Å². The van der Waals surface area contributed by atoms with Crippen molar-refractivity contribution < 1.29 is 9.18 Å². The fourth-order valence-corrected chi connectivity index (χ4v) is 3.05. The number of amides is 2. The molecule has 2 aromatic rings. The second kappa shape index (κ2) is 8.32. The Morgan fingerprint density at radius 2 is 1.72 bits per heavy atom. The minimum Gasteiger partial charge on any atom is -0.322 e. The first-order valence-corrected chi connectivity index (χ1v) is 8.77. The Bertz CT molecular complexity index is 715. The summed E-state index contributed by atoms with van der Waals surface area (Å²) in [6, 6.07) is 13.7. The van der Waals surface area contributed by atoms with Gasteiger partial charge >= 0.3 is 6.03 Å². The van der Waals surface area contributed by atoms with Crippen molar-refractivity contribution in [2.75, 3.05) is 38.0 Å². The van der Waals surface area contributed by atoms with Crippen LogP contribution >= 0.6 is 11.6 Å². The Hall–Kier alpha value is -2.11. The minimum atomic E-state index is -0.207. The topological polar surface area (TPSA) is 35.6 Å². The van der Waals surface area contributed by atoms with Crippen LogP contribution in [0.5, 0.6) is 0 Å². The molecule has 1 aliphatic rings. The summed E-state index contributed by atoms with van der Waals surface area (Å²) in [6.45, 7) is 3.93. The first kappa shape index (κ1) is 17.7. The molecule has 4 nitrogen and oxygen atoms in total. The molecule has 1 heterocycles. The molecule has 1 aliphatic heterocycles. The fourth-order valence-electron chi connectivity index (χ4n) is 2.87. The van der Waals surface area contributed by atoms with Gasteiger partial charge in [-0.15, -0.1) is 0 Å². The SMILES string of the molecule is O=C(Nc1ccccc1Cl)N1CCN(CCc2ccc(F)cc2)CC1.